The molecule has 2 rings (SSSR count). The van der Waals surface area contributed by atoms with Crippen molar-refractivity contribution in [1.82, 2.24) is 5.32 Å². The Morgan fingerprint density at radius 1 is 1.14 bits per heavy atom. The Balaban J connectivity index is 1.97. The quantitative estimate of drug-likeness (QED) is 0.712. The van der Waals surface area contributed by atoms with E-state index in [1.807, 2.05) is 30.3 Å². The van der Waals surface area contributed by atoms with E-state index in [2.05, 4.69) is 47.2 Å². The van der Waals surface area contributed by atoms with Crippen molar-refractivity contribution in [2.24, 2.45) is 5.92 Å². The van der Waals surface area contributed by atoms with Crippen molar-refractivity contribution in [2.45, 2.75) is 20.4 Å². The summed E-state index contributed by atoms with van der Waals surface area (Å²) in [5.41, 5.74) is 1.24. The van der Waals surface area contributed by atoms with Crippen LogP contribution in [0.15, 0.2) is 46.9 Å². The molecule has 0 aliphatic rings. The van der Waals surface area contributed by atoms with Crippen molar-refractivity contribution in [3.05, 3.63) is 57.5 Å². The predicted octanol–water partition coefficient (Wildman–Crippen LogP) is 5.64. The Hall–Kier alpha value is -1.03. The minimum Gasteiger partial charge on any atom is -0.456 e. The number of hydrogen-bond acceptors (Lipinski definition) is 2. The molecule has 2 aromatic rings. The molecule has 0 amide bonds. The summed E-state index contributed by atoms with van der Waals surface area (Å²) in [7, 11) is 0. The number of halogens is 2. The highest BCUT2D eigenvalue weighted by Crippen LogP contribution is 2.31. The van der Waals surface area contributed by atoms with Crippen LogP contribution in [0.25, 0.3) is 0 Å². The molecule has 0 aliphatic heterocycles. The fourth-order valence-electron chi connectivity index (χ4n) is 1.86. The molecule has 1 N–H and O–H groups in total. The second kappa shape index (κ2) is 7.83. The maximum atomic E-state index is 6.12. The molecule has 0 saturated heterocycles. The number of benzene rings is 2. The summed E-state index contributed by atoms with van der Waals surface area (Å²) in [6.45, 7) is 6.29. The van der Waals surface area contributed by atoms with Crippen molar-refractivity contribution < 1.29 is 4.74 Å². The second-order valence-electron chi connectivity index (χ2n) is 5.35. The minimum absolute atomic E-state index is 0.598. The summed E-state index contributed by atoms with van der Waals surface area (Å²) in [6, 6.07) is 13.6. The van der Waals surface area contributed by atoms with Gasteiger partial charge in [-0.15, -0.1) is 0 Å². The molecule has 0 heterocycles. The molecular weight excluding hydrogens is 350 g/mol. The van der Waals surface area contributed by atoms with Gasteiger partial charge >= 0.3 is 0 Å². The molecular formula is C17H19BrClNO. The van der Waals surface area contributed by atoms with Crippen LogP contribution in [0.3, 0.4) is 0 Å². The first-order valence-corrected chi connectivity index (χ1v) is 8.14. The van der Waals surface area contributed by atoms with Crippen LogP contribution in [0.5, 0.6) is 11.5 Å². The van der Waals surface area contributed by atoms with Crippen LogP contribution < -0.4 is 10.1 Å². The highest BCUT2D eigenvalue weighted by atomic mass is 79.9. The summed E-state index contributed by atoms with van der Waals surface area (Å²) in [6.07, 6.45) is 0. The van der Waals surface area contributed by atoms with Gasteiger partial charge in [0.2, 0.25) is 0 Å². The van der Waals surface area contributed by atoms with Crippen molar-refractivity contribution >= 4 is 27.5 Å². The number of hydrogen-bond donors (Lipinski definition) is 1. The highest BCUT2D eigenvalue weighted by molar-refractivity contribution is 9.10. The van der Waals surface area contributed by atoms with Gasteiger partial charge in [-0.25, -0.2) is 0 Å². The van der Waals surface area contributed by atoms with E-state index in [4.69, 9.17) is 16.3 Å². The van der Waals surface area contributed by atoms with Gasteiger partial charge in [0.05, 0.1) is 5.02 Å². The number of ether oxygens (including phenoxy) is 1. The lowest BCUT2D eigenvalue weighted by Crippen LogP contribution is -2.18. The molecule has 0 radical (unpaired) electrons. The fraction of sp³-hybridized carbons (Fsp3) is 0.294. The minimum atomic E-state index is 0.598. The first-order chi connectivity index (χ1) is 10.0. The smallest absolute Gasteiger partial charge is 0.147 e. The molecule has 0 saturated carbocycles. The first kappa shape index (κ1) is 16.3. The molecule has 0 aliphatic carbocycles. The Kier molecular flexibility index (Phi) is 6.09. The van der Waals surface area contributed by atoms with Gasteiger partial charge in [0, 0.05) is 11.0 Å². The third-order valence-electron chi connectivity index (χ3n) is 2.93. The Labute approximate surface area is 139 Å². The first-order valence-electron chi connectivity index (χ1n) is 6.97. The molecule has 0 spiro atoms. The molecule has 0 unspecified atom stereocenters. The highest BCUT2D eigenvalue weighted by Gasteiger charge is 2.04. The van der Waals surface area contributed by atoms with Crippen molar-refractivity contribution in [3.8, 4) is 11.5 Å². The Morgan fingerprint density at radius 3 is 2.52 bits per heavy atom. The summed E-state index contributed by atoms with van der Waals surface area (Å²) < 4.78 is 6.75. The summed E-state index contributed by atoms with van der Waals surface area (Å²) in [5.74, 6) is 2.09. The van der Waals surface area contributed by atoms with Crippen LogP contribution >= 0.6 is 27.5 Å². The lowest BCUT2D eigenvalue weighted by Gasteiger charge is -2.10. The topological polar surface area (TPSA) is 21.3 Å². The second-order valence-corrected chi connectivity index (χ2v) is 6.67. The SMILES string of the molecule is CC(C)CNCc1ccc(Oc2cc(Br)ccc2Cl)cc1. The zero-order valence-corrected chi connectivity index (χ0v) is 14.5. The average Bonchev–Trinajstić information content (AvgIpc) is 2.44. The maximum absolute atomic E-state index is 6.12. The van der Waals surface area contributed by atoms with E-state index in [0.717, 1.165) is 23.3 Å². The monoisotopic (exact) mass is 367 g/mol. The zero-order chi connectivity index (χ0) is 15.2. The van der Waals surface area contributed by atoms with Crippen LogP contribution in [0.1, 0.15) is 19.4 Å². The zero-order valence-electron chi connectivity index (χ0n) is 12.2. The van der Waals surface area contributed by atoms with Crippen LogP contribution in [0.2, 0.25) is 5.02 Å². The lowest BCUT2D eigenvalue weighted by atomic mass is 10.2. The standard InChI is InChI=1S/C17H19BrClNO/c1-12(2)10-20-11-13-3-6-15(7-4-13)21-17-9-14(18)5-8-16(17)19/h3-9,12,20H,10-11H2,1-2H3. The third kappa shape index (κ3) is 5.34. The van der Waals surface area contributed by atoms with Gasteiger partial charge < -0.3 is 10.1 Å². The average molecular weight is 369 g/mol. The van der Waals surface area contributed by atoms with E-state index in [0.29, 0.717) is 16.7 Å². The molecule has 2 aromatic carbocycles. The summed E-state index contributed by atoms with van der Waals surface area (Å²) in [5, 5.41) is 4.02. The Morgan fingerprint density at radius 2 is 1.86 bits per heavy atom. The fourth-order valence-corrected chi connectivity index (χ4v) is 2.36. The van der Waals surface area contributed by atoms with E-state index in [1.165, 1.54) is 5.56 Å². The third-order valence-corrected chi connectivity index (χ3v) is 3.73. The lowest BCUT2D eigenvalue weighted by molar-refractivity contribution is 0.482. The predicted molar refractivity (Wildman–Crippen MR) is 92.2 cm³/mol. The Bertz CT molecular complexity index is 584. The van der Waals surface area contributed by atoms with Crippen LogP contribution in [-0.4, -0.2) is 6.54 Å². The van der Waals surface area contributed by atoms with E-state index >= 15 is 0 Å². The van der Waals surface area contributed by atoms with Crippen molar-refractivity contribution in [2.75, 3.05) is 6.54 Å². The van der Waals surface area contributed by atoms with Gasteiger partial charge in [-0.1, -0.05) is 53.5 Å². The summed E-state index contributed by atoms with van der Waals surface area (Å²) >= 11 is 9.53. The number of nitrogens with one attached hydrogen (secondary N) is 1. The van der Waals surface area contributed by atoms with Gasteiger partial charge in [0.25, 0.3) is 0 Å². The largest absolute Gasteiger partial charge is 0.456 e. The number of rotatable bonds is 6. The molecule has 112 valence electrons. The molecule has 4 heteroatoms. The van der Waals surface area contributed by atoms with Crippen LogP contribution in [-0.2, 0) is 6.54 Å². The molecule has 0 atom stereocenters. The van der Waals surface area contributed by atoms with Gasteiger partial charge in [0.1, 0.15) is 11.5 Å². The van der Waals surface area contributed by atoms with E-state index < -0.39 is 0 Å². The van der Waals surface area contributed by atoms with Crippen molar-refractivity contribution in [3.63, 3.8) is 0 Å². The molecule has 0 fully saturated rings. The van der Waals surface area contributed by atoms with Gasteiger partial charge in [-0.05, 0) is 48.4 Å². The molecule has 0 aromatic heterocycles. The van der Waals surface area contributed by atoms with Crippen molar-refractivity contribution in [1.29, 1.82) is 0 Å². The van der Waals surface area contributed by atoms with Gasteiger partial charge in [-0.3, -0.25) is 0 Å². The maximum Gasteiger partial charge on any atom is 0.147 e. The van der Waals surface area contributed by atoms with Gasteiger partial charge in [-0.2, -0.15) is 0 Å². The molecule has 21 heavy (non-hydrogen) atoms. The van der Waals surface area contributed by atoms with Crippen LogP contribution in [0, 0.1) is 5.92 Å². The normalized spacial score (nSPS) is 10.9. The van der Waals surface area contributed by atoms with Crippen LogP contribution in [0.4, 0.5) is 0 Å². The molecule has 0 bridgehead atoms. The summed E-state index contributed by atoms with van der Waals surface area (Å²) in [4.78, 5) is 0. The van der Waals surface area contributed by atoms with E-state index in [-0.39, 0.29) is 0 Å². The molecule has 2 nitrogen and oxygen atoms in total. The van der Waals surface area contributed by atoms with E-state index in [1.54, 1.807) is 0 Å². The van der Waals surface area contributed by atoms with E-state index in [9.17, 15) is 0 Å². The van der Waals surface area contributed by atoms with Gasteiger partial charge in [0.15, 0.2) is 0 Å².